The lowest BCUT2D eigenvalue weighted by Crippen LogP contribution is -2.22. The standard InChI is InChI=1S/C15H16N4O/c1-12-14(11-20)15(18(2)17-12)19(10-6-9-16)13-7-4-3-5-8-13/h3-5,7-8,11H,6,10H2,1-2H3. The van der Waals surface area contributed by atoms with Crippen LogP contribution in [0.5, 0.6) is 0 Å². The number of aryl methyl sites for hydroxylation is 2. The zero-order valence-corrected chi connectivity index (χ0v) is 11.6. The third-order valence-electron chi connectivity index (χ3n) is 3.13. The van der Waals surface area contributed by atoms with Crippen molar-refractivity contribution in [2.24, 2.45) is 7.05 Å². The number of aldehydes is 1. The summed E-state index contributed by atoms with van der Waals surface area (Å²) in [5.41, 5.74) is 2.19. The van der Waals surface area contributed by atoms with Crippen LogP contribution in [0.1, 0.15) is 22.5 Å². The van der Waals surface area contributed by atoms with Gasteiger partial charge in [0.15, 0.2) is 6.29 Å². The molecule has 0 aliphatic carbocycles. The van der Waals surface area contributed by atoms with Crippen molar-refractivity contribution in [2.45, 2.75) is 13.3 Å². The Kier molecular flexibility index (Phi) is 4.16. The number of nitrogens with zero attached hydrogens (tertiary/aromatic N) is 4. The minimum Gasteiger partial charge on any atom is -0.325 e. The van der Waals surface area contributed by atoms with Crippen molar-refractivity contribution < 1.29 is 4.79 Å². The first-order valence-corrected chi connectivity index (χ1v) is 6.37. The number of para-hydroxylation sites is 1. The molecule has 0 N–H and O–H groups in total. The van der Waals surface area contributed by atoms with Crippen molar-refractivity contribution in [2.75, 3.05) is 11.4 Å². The molecule has 0 saturated carbocycles. The van der Waals surface area contributed by atoms with E-state index >= 15 is 0 Å². The average molecular weight is 268 g/mol. The summed E-state index contributed by atoms with van der Waals surface area (Å²) in [4.78, 5) is 13.3. The van der Waals surface area contributed by atoms with Gasteiger partial charge in [0.2, 0.25) is 0 Å². The summed E-state index contributed by atoms with van der Waals surface area (Å²) in [6, 6.07) is 11.8. The topological polar surface area (TPSA) is 61.9 Å². The Morgan fingerprint density at radius 1 is 1.40 bits per heavy atom. The van der Waals surface area contributed by atoms with E-state index in [1.54, 1.807) is 18.7 Å². The number of hydrogen-bond acceptors (Lipinski definition) is 4. The first-order valence-electron chi connectivity index (χ1n) is 6.37. The normalized spacial score (nSPS) is 10.1. The van der Waals surface area contributed by atoms with E-state index in [2.05, 4.69) is 11.2 Å². The summed E-state index contributed by atoms with van der Waals surface area (Å²) in [6.45, 7) is 2.32. The zero-order chi connectivity index (χ0) is 14.5. The summed E-state index contributed by atoms with van der Waals surface area (Å²) in [7, 11) is 1.80. The number of carbonyl (C=O) groups is 1. The van der Waals surface area contributed by atoms with Crippen LogP contribution in [0.15, 0.2) is 30.3 Å². The molecule has 1 aromatic heterocycles. The molecular weight excluding hydrogens is 252 g/mol. The van der Waals surface area contributed by atoms with Crippen LogP contribution in [0.4, 0.5) is 11.5 Å². The van der Waals surface area contributed by atoms with Crippen LogP contribution in [0.2, 0.25) is 0 Å². The smallest absolute Gasteiger partial charge is 0.155 e. The van der Waals surface area contributed by atoms with Crippen LogP contribution in [-0.2, 0) is 7.05 Å². The number of aromatic nitrogens is 2. The molecule has 20 heavy (non-hydrogen) atoms. The number of rotatable bonds is 5. The highest BCUT2D eigenvalue weighted by Gasteiger charge is 2.20. The molecule has 0 unspecified atom stereocenters. The lowest BCUT2D eigenvalue weighted by atomic mass is 10.2. The molecule has 0 fully saturated rings. The molecule has 5 nitrogen and oxygen atoms in total. The van der Waals surface area contributed by atoms with E-state index in [9.17, 15) is 4.79 Å². The molecule has 1 aromatic carbocycles. The van der Waals surface area contributed by atoms with Crippen molar-refractivity contribution in [3.63, 3.8) is 0 Å². The second-order valence-corrected chi connectivity index (χ2v) is 4.46. The molecule has 5 heteroatoms. The lowest BCUT2D eigenvalue weighted by molar-refractivity contribution is 0.112. The minimum absolute atomic E-state index is 0.372. The minimum atomic E-state index is 0.372. The van der Waals surface area contributed by atoms with Gasteiger partial charge in [-0.25, -0.2) is 0 Å². The Labute approximate surface area is 118 Å². The number of anilines is 2. The molecule has 0 bridgehead atoms. The third kappa shape index (κ3) is 2.54. The summed E-state index contributed by atoms with van der Waals surface area (Å²) in [5.74, 6) is 0.721. The van der Waals surface area contributed by atoms with E-state index in [1.165, 1.54) is 0 Å². The molecular formula is C15H16N4O. The summed E-state index contributed by atoms with van der Waals surface area (Å²) < 4.78 is 1.68. The van der Waals surface area contributed by atoms with Crippen LogP contribution in [0.3, 0.4) is 0 Å². The van der Waals surface area contributed by atoms with Gasteiger partial charge in [-0.3, -0.25) is 9.48 Å². The third-order valence-corrected chi connectivity index (χ3v) is 3.13. The predicted molar refractivity (Wildman–Crippen MR) is 77.0 cm³/mol. The van der Waals surface area contributed by atoms with Crippen molar-refractivity contribution in [3.05, 3.63) is 41.6 Å². The Balaban J connectivity index is 2.53. The number of hydrogen-bond donors (Lipinski definition) is 0. The van der Waals surface area contributed by atoms with Gasteiger partial charge < -0.3 is 4.90 Å². The van der Waals surface area contributed by atoms with Crippen LogP contribution in [0.25, 0.3) is 0 Å². The zero-order valence-electron chi connectivity index (χ0n) is 11.6. The lowest BCUT2D eigenvalue weighted by Gasteiger charge is -2.24. The fourth-order valence-electron chi connectivity index (χ4n) is 2.25. The van der Waals surface area contributed by atoms with Gasteiger partial charge in [-0.05, 0) is 19.1 Å². The van der Waals surface area contributed by atoms with Crippen molar-refractivity contribution >= 4 is 17.8 Å². The van der Waals surface area contributed by atoms with Crippen LogP contribution < -0.4 is 4.90 Å². The first kappa shape index (κ1) is 13.8. The van der Waals surface area contributed by atoms with Gasteiger partial charge in [0, 0.05) is 19.3 Å². The summed E-state index contributed by atoms with van der Waals surface area (Å²) in [6.07, 6.45) is 1.19. The van der Waals surface area contributed by atoms with Gasteiger partial charge in [0.25, 0.3) is 0 Å². The van der Waals surface area contributed by atoms with Gasteiger partial charge in [-0.15, -0.1) is 0 Å². The van der Waals surface area contributed by atoms with Gasteiger partial charge in [0.05, 0.1) is 23.7 Å². The van der Waals surface area contributed by atoms with E-state index in [0.717, 1.165) is 17.8 Å². The molecule has 0 radical (unpaired) electrons. The number of benzene rings is 1. The second kappa shape index (κ2) is 6.02. The van der Waals surface area contributed by atoms with Crippen LogP contribution in [-0.4, -0.2) is 22.6 Å². The Morgan fingerprint density at radius 2 is 2.10 bits per heavy atom. The molecule has 2 aromatic rings. The quantitative estimate of drug-likeness (QED) is 0.782. The maximum absolute atomic E-state index is 11.3. The van der Waals surface area contributed by atoms with Crippen LogP contribution >= 0.6 is 0 Å². The van der Waals surface area contributed by atoms with Crippen LogP contribution in [0, 0.1) is 18.3 Å². The SMILES string of the molecule is Cc1nn(C)c(N(CCC#N)c2ccccc2)c1C=O. The van der Waals surface area contributed by atoms with Crippen molar-refractivity contribution in [3.8, 4) is 6.07 Å². The Bertz CT molecular complexity index is 640. The first-order chi connectivity index (χ1) is 9.69. The maximum atomic E-state index is 11.3. The highest BCUT2D eigenvalue weighted by molar-refractivity contribution is 5.86. The largest absolute Gasteiger partial charge is 0.325 e. The molecule has 0 spiro atoms. The molecule has 1 heterocycles. The summed E-state index contributed by atoms with van der Waals surface area (Å²) >= 11 is 0. The van der Waals surface area contributed by atoms with Crippen molar-refractivity contribution in [1.82, 2.24) is 9.78 Å². The monoisotopic (exact) mass is 268 g/mol. The van der Waals surface area contributed by atoms with E-state index in [4.69, 9.17) is 5.26 Å². The average Bonchev–Trinajstić information content (AvgIpc) is 2.75. The highest BCUT2D eigenvalue weighted by Crippen LogP contribution is 2.29. The van der Waals surface area contributed by atoms with E-state index < -0.39 is 0 Å². The van der Waals surface area contributed by atoms with Gasteiger partial charge >= 0.3 is 0 Å². The number of carbonyl (C=O) groups excluding carboxylic acids is 1. The van der Waals surface area contributed by atoms with Gasteiger partial charge in [-0.2, -0.15) is 10.4 Å². The second-order valence-electron chi connectivity index (χ2n) is 4.46. The fourth-order valence-corrected chi connectivity index (χ4v) is 2.25. The molecule has 0 aliphatic heterocycles. The predicted octanol–water partition coefficient (Wildman–Crippen LogP) is 2.59. The Morgan fingerprint density at radius 3 is 2.70 bits per heavy atom. The highest BCUT2D eigenvalue weighted by atomic mass is 16.1. The molecule has 2 rings (SSSR count). The molecule has 0 atom stereocenters. The molecule has 102 valence electrons. The van der Waals surface area contributed by atoms with E-state index in [0.29, 0.717) is 24.2 Å². The Hall–Kier alpha value is -2.61. The fraction of sp³-hybridized carbons (Fsp3) is 0.267. The summed E-state index contributed by atoms with van der Waals surface area (Å²) in [5, 5.41) is 13.1. The molecule has 0 aliphatic rings. The molecule has 0 saturated heterocycles. The van der Waals surface area contributed by atoms with Crippen molar-refractivity contribution in [1.29, 1.82) is 5.26 Å². The number of nitriles is 1. The van der Waals surface area contributed by atoms with E-state index in [-0.39, 0.29) is 0 Å². The van der Waals surface area contributed by atoms with Gasteiger partial charge in [0.1, 0.15) is 5.82 Å². The maximum Gasteiger partial charge on any atom is 0.155 e. The van der Waals surface area contributed by atoms with Gasteiger partial charge in [-0.1, -0.05) is 18.2 Å². The molecule has 0 amide bonds. The van der Waals surface area contributed by atoms with E-state index in [1.807, 2.05) is 35.2 Å².